The molecule has 0 aliphatic heterocycles. The Balaban J connectivity index is 1.98. The molecule has 0 radical (unpaired) electrons. The molecule has 2 aromatic rings. The molecule has 21 heavy (non-hydrogen) atoms. The van der Waals surface area contributed by atoms with E-state index in [-0.39, 0.29) is 11.9 Å². The number of carbonyl (C=O) groups excluding carboxylic acids is 1. The zero-order chi connectivity index (χ0) is 15.2. The number of aryl methyl sites for hydroxylation is 1. The summed E-state index contributed by atoms with van der Waals surface area (Å²) in [7, 11) is 0. The average Bonchev–Trinajstić information content (AvgIpc) is 2.47. The standard InChI is InChI=1S/C18H20N2O/c1-13-5-3-4-6-17(13)14(2)20-18(21)12-9-15-7-10-16(19)11-8-15/h3-12,14H,19H2,1-2H3,(H,20,21)/b12-9+. The second-order valence-corrected chi connectivity index (χ2v) is 5.09. The van der Waals surface area contributed by atoms with Crippen LogP contribution in [0.25, 0.3) is 6.08 Å². The molecule has 0 spiro atoms. The molecular weight excluding hydrogens is 260 g/mol. The number of hydrogen-bond acceptors (Lipinski definition) is 2. The van der Waals surface area contributed by atoms with Gasteiger partial charge >= 0.3 is 0 Å². The number of nitrogens with two attached hydrogens (primary N) is 1. The number of anilines is 1. The van der Waals surface area contributed by atoms with Crippen LogP contribution in [0.3, 0.4) is 0 Å². The lowest BCUT2D eigenvalue weighted by Crippen LogP contribution is -2.25. The van der Waals surface area contributed by atoms with Gasteiger partial charge in [-0.3, -0.25) is 4.79 Å². The predicted octanol–water partition coefficient (Wildman–Crippen LogP) is 3.47. The average molecular weight is 280 g/mol. The van der Waals surface area contributed by atoms with Crippen LogP contribution in [-0.4, -0.2) is 5.91 Å². The van der Waals surface area contributed by atoms with E-state index in [0.717, 1.165) is 11.1 Å². The van der Waals surface area contributed by atoms with E-state index < -0.39 is 0 Å². The van der Waals surface area contributed by atoms with Crippen molar-refractivity contribution in [3.8, 4) is 0 Å². The van der Waals surface area contributed by atoms with Gasteiger partial charge in [-0.2, -0.15) is 0 Å². The molecule has 2 rings (SSSR count). The first kappa shape index (κ1) is 14.9. The smallest absolute Gasteiger partial charge is 0.244 e. The maximum atomic E-state index is 12.0. The molecule has 0 saturated carbocycles. The van der Waals surface area contributed by atoms with Gasteiger partial charge in [-0.15, -0.1) is 0 Å². The minimum atomic E-state index is -0.109. The van der Waals surface area contributed by atoms with Gasteiger partial charge in [0.1, 0.15) is 0 Å². The summed E-state index contributed by atoms with van der Waals surface area (Å²) >= 11 is 0. The fourth-order valence-electron chi connectivity index (χ4n) is 2.19. The van der Waals surface area contributed by atoms with E-state index >= 15 is 0 Å². The monoisotopic (exact) mass is 280 g/mol. The third kappa shape index (κ3) is 4.21. The van der Waals surface area contributed by atoms with Gasteiger partial charge in [0.15, 0.2) is 0 Å². The van der Waals surface area contributed by atoms with Crippen molar-refractivity contribution in [2.24, 2.45) is 0 Å². The molecule has 0 aromatic heterocycles. The summed E-state index contributed by atoms with van der Waals surface area (Å²) in [6, 6.07) is 15.4. The van der Waals surface area contributed by atoms with Crippen molar-refractivity contribution in [1.29, 1.82) is 0 Å². The van der Waals surface area contributed by atoms with Gasteiger partial charge in [-0.1, -0.05) is 36.4 Å². The first-order valence-electron chi connectivity index (χ1n) is 6.96. The summed E-state index contributed by atoms with van der Waals surface area (Å²) < 4.78 is 0. The van der Waals surface area contributed by atoms with E-state index in [4.69, 9.17) is 5.73 Å². The third-order valence-electron chi connectivity index (χ3n) is 3.38. The quantitative estimate of drug-likeness (QED) is 0.665. The molecule has 3 nitrogen and oxygen atoms in total. The molecule has 0 saturated heterocycles. The van der Waals surface area contributed by atoms with E-state index in [1.54, 1.807) is 12.2 Å². The molecule has 3 N–H and O–H groups in total. The fraction of sp³-hybridized carbons (Fsp3) is 0.167. The first-order chi connectivity index (χ1) is 10.1. The zero-order valence-electron chi connectivity index (χ0n) is 12.3. The molecular formula is C18H20N2O. The topological polar surface area (TPSA) is 55.1 Å². The van der Waals surface area contributed by atoms with Crippen molar-refractivity contribution in [1.82, 2.24) is 5.32 Å². The van der Waals surface area contributed by atoms with E-state index in [9.17, 15) is 4.79 Å². The highest BCUT2D eigenvalue weighted by molar-refractivity contribution is 5.92. The van der Waals surface area contributed by atoms with Crippen molar-refractivity contribution >= 4 is 17.7 Å². The molecule has 0 aliphatic carbocycles. The molecule has 0 fully saturated rings. The summed E-state index contributed by atoms with van der Waals surface area (Å²) in [6.45, 7) is 4.03. The lowest BCUT2D eigenvalue weighted by atomic mass is 10.0. The summed E-state index contributed by atoms with van der Waals surface area (Å²) in [5, 5.41) is 2.97. The fourth-order valence-corrected chi connectivity index (χ4v) is 2.19. The number of nitrogens with one attached hydrogen (secondary N) is 1. The summed E-state index contributed by atoms with van der Waals surface area (Å²) in [5.41, 5.74) is 9.59. The SMILES string of the molecule is Cc1ccccc1C(C)NC(=O)/C=C/c1ccc(N)cc1. The summed E-state index contributed by atoms with van der Waals surface area (Å²) in [5.74, 6) is -0.109. The van der Waals surface area contributed by atoms with E-state index in [2.05, 4.69) is 5.32 Å². The van der Waals surface area contributed by atoms with Crippen LogP contribution in [0.15, 0.2) is 54.6 Å². The van der Waals surface area contributed by atoms with Crippen molar-refractivity contribution in [3.05, 3.63) is 71.3 Å². The van der Waals surface area contributed by atoms with Gasteiger partial charge in [0.2, 0.25) is 5.91 Å². The number of benzene rings is 2. The lowest BCUT2D eigenvalue weighted by molar-refractivity contribution is -0.117. The Labute approximate surface area is 125 Å². The van der Waals surface area contributed by atoms with Crippen molar-refractivity contribution in [2.45, 2.75) is 19.9 Å². The number of nitrogen functional groups attached to an aromatic ring is 1. The minimum Gasteiger partial charge on any atom is -0.399 e. The summed E-state index contributed by atoms with van der Waals surface area (Å²) in [4.78, 5) is 12.0. The van der Waals surface area contributed by atoms with Gasteiger partial charge < -0.3 is 11.1 Å². The van der Waals surface area contributed by atoms with Gasteiger partial charge in [0, 0.05) is 11.8 Å². The predicted molar refractivity (Wildman–Crippen MR) is 87.6 cm³/mol. The van der Waals surface area contributed by atoms with Crippen LogP contribution in [0.4, 0.5) is 5.69 Å². The largest absolute Gasteiger partial charge is 0.399 e. The van der Waals surface area contributed by atoms with Crippen LogP contribution >= 0.6 is 0 Å². The van der Waals surface area contributed by atoms with Crippen molar-refractivity contribution in [3.63, 3.8) is 0 Å². The Morgan fingerprint density at radius 1 is 1.14 bits per heavy atom. The Hall–Kier alpha value is -2.55. The maximum Gasteiger partial charge on any atom is 0.244 e. The number of rotatable bonds is 4. The van der Waals surface area contributed by atoms with Crippen LogP contribution < -0.4 is 11.1 Å². The third-order valence-corrected chi connectivity index (χ3v) is 3.38. The van der Waals surface area contributed by atoms with Crippen LogP contribution in [0.2, 0.25) is 0 Å². The molecule has 1 atom stereocenters. The zero-order valence-corrected chi connectivity index (χ0v) is 12.3. The molecule has 1 amide bonds. The molecule has 1 unspecified atom stereocenters. The highest BCUT2D eigenvalue weighted by atomic mass is 16.1. The van der Waals surface area contributed by atoms with Crippen LogP contribution in [0.5, 0.6) is 0 Å². The molecule has 2 aromatic carbocycles. The minimum absolute atomic E-state index is 0.0187. The van der Waals surface area contributed by atoms with E-state index in [0.29, 0.717) is 5.69 Å². The van der Waals surface area contributed by atoms with Crippen molar-refractivity contribution in [2.75, 3.05) is 5.73 Å². The number of amides is 1. The first-order valence-corrected chi connectivity index (χ1v) is 6.96. The normalized spacial score (nSPS) is 12.3. The number of hydrogen-bond donors (Lipinski definition) is 2. The lowest BCUT2D eigenvalue weighted by Gasteiger charge is -2.15. The molecule has 0 bridgehead atoms. The van der Waals surface area contributed by atoms with Gasteiger partial charge in [-0.05, 0) is 48.7 Å². The highest BCUT2D eigenvalue weighted by Gasteiger charge is 2.09. The second kappa shape index (κ2) is 6.75. The Kier molecular flexibility index (Phi) is 4.77. The van der Waals surface area contributed by atoms with Gasteiger partial charge in [0.05, 0.1) is 6.04 Å². The Bertz CT molecular complexity index is 645. The summed E-state index contributed by atoms with van der Waals surface area (Å²) in [6.07, 6.45) is 3.32. The molecule has 0 heterocycles. The van der Waals surface area contributed by atoms with Crippen LogP contribution in [0.1, 0.15) is 29.7 Å². The number of carbonyl (C=O) groups is 1. The molecule has 108 valence electrons. The van der Waals surface area contributed by atoms with Gasteiger partial charge in [-0.25, -0.2) is 0 Å². The Morgan fingerprint density at radius 3 is 2.48 bits per heavy atom. The van der Waals surface area contributed by atoms with Crippen LogP contribution in [0, 0.1) is 6.92 Å². The maximum absolute atomic E-state index is 12.0. The highest BCUT2D eigenvalue weighted by Crippen LogP contribution is 2.16. The van der Waals surface area contributed by atoms with E-state index in [1.165, 1.54) is 5.56 Å². The molecule has 3 heteroatoms. The van der Waals surface area contributed by atoms with Gasteiger partial charge in [0.25, 0.3) is 0 Å². The molecule has 0 aliphatic rings. The van der Waals surface area contributed by atoms with Crippen molar-refractivity contribution < 1.29 is 4.79 Å². The second-order valence-electron chi connectivity index (χ2n) is 5.09. The van der Waals surface area contributed by atoms with E-state index in [1.807, 2.05) is 62.4 Å². The Morgan fingerprint density at radius 2 is 1.81 bits per heavy atom. The van der Waals surface area contributed by atoms with Crippen LogP contribution in [-0.2, 0) is 4.79 Å².